The molecule has 82 valence electrons. The van der Waals surface area contributed by atoms with E-state index < -0.39 is 0 Å². The van der Waals surface area contributed by atoms with Crippen molar-refractivity contribution < 1.29 is 5.11 Å². The highest BCUT2D eigenvalue weighted by atomic mass is 32.1. The van der Waals surface area contributed by atoms with E-state index in [0.29, 0.717) is 6.04 Å². The van der Waals surface area contributed by atoms with Crippen molar-refractivity contribution in [1.82, 2.24) is 4.98 Å². The average Bonchev–Trinajstić information content (AvgIpc) is 2.97. The third-order valence-electron chi connectivity index (χ3n) is 3.31. The summed E-state index contributed by atoms with van der Waals surface area (Å²) in [5, 5.41) is 10.9. The molecule has 0 aromatic carbocycles. The SMILES string of the molecule is CN(c1nc2c(s1)CCCC2O)C1CC1. The fraction of sp³-hybridized carbons (Fsp3) is 0.727. The predicted octanol–water partition coefficient (Wildman–Crippen LogP) is 2.11. The third-order valence-corrected chi connectivity index (χ3v) is 4.53. The number of aliphatic hydroxyl groups is 1. The van der Waals surface area contributed by atoms with Gasteiger partial charge < -0.3 is 10.0 Å². The fourth-order valence-electron chi connectivity index (χ4n) is 2.15. The topological polar surface area (TPSA) is 36.4 Å². The molecule has 3 nitrogen and oxygen atoms in total. The van der Waals surface area contributed by atoms with Crippen LogP contribution in [0.25, 0.3) is 0 Å². The molecular weight excluding hydrogens is 208 g/mol. The molecule has 3 rings (SSSR count). The van der Waals surface area contributed by atoms with Crippen LogP contribution in [0.5, 0.6) is 0 Å². The Hall–Kier alpha value is -0.610. The summed E-state index contributed by atoms with van der Waals surface area (Å²) in [6.07, 6.45) is 5.35. The Kier molecular flexibility index (Phi) is 2.21. The number of nitrogens with zero attached hydrogens (tertiary/aromatic N) is 2. The third kappa shape index (κ3) is 1.66. The van der Waals surface area contributed by atoms with Crippen LogP contribution in [0.1, 0.15) is 42.4 Å². The van der Waals surface area contributed by atoms with E-state index in [1.54, 1.807) is 11.3 Å². The Morgan fingerprint density at radius 3 is 2.87 bits per heavy atom. The first kappa shape index (κ1) is 9.60. The molecule has 0 amide bonds. The van der Waals surface area contributed by atoms with Gasteiger partial charge in [-0.3, -0.25) is 0 Å². The van der Waals surface area contributed by atoms with Crippen LogP contribution >= 0.6 is 11.3 Å². The minimum Gasteiger partial charge on any atom is -0.387 e. The normalized spacial score (nSPS) is 25.1. The molecule has 2 aliphatic carbocycles. The van der Waals surface area contributed by atoms with Gasteiger partial charge in [0.25, 0.3) is 0 Å². The van der Waals surface area contributed by atoms with Crippen LogP contribution in [0, 0.1) is 0 Å². The molecule has 4 heteroatoms. The molecular formula is C11H16N2OS. The summed E-state index contributed by atoms with van der Waals surface area (Å²) in [6.45, 7) is 0. The van der Waals surface area contributed by atoms with Crippen LogP contribution in [-0.4, -0.2) is 23.2 Å². The summed E-state index contributed by atoms with van der Waals surface area (Å²) in [7, 11) is 2.12. The fourth-order valence-corrected chi connectivity index (χ4v) is 3.34. The van der Waals surface area contributed by atoms with Gasteiger partial charge in [0, 0.05) is 18.0 Å². The van der Waals surface area contributed by atoms with Crippen LogP contribution in [-0.2, 0) is 6.42 Å². The molecule has 0 saturated heterocycles. The van der Waals surface area contributed by atoms with Crippen molar-refractivity contribution in [2.24, 2.45) is 0 Å². The maximum Gasteiger partial charge on any atom is 0.185 e. The number of aromatic nitrogens is 1. The molecule has 15 heavy (non-hydrogen) atoms. The van der Waals surface area contributed by atoms with Gasteiger partial charge in [-0.05, 0) is 32.1 Å². The van der Waals surface area contributed by atoms with Crippen molar-refractivity contribution in [2.75, 3.05) is 11.9 Å². The lowest BCUT2D eigenvalue weighted by Gasteiger charge is -2.15. The summed E-state index contributed by atoms with van der Waals surface area (Å²) in [4.78, 5) is 8.16. The summed E-state index contributed by atoms with van der Waals surface area (Å²) < 4.78 is 0. The number of rotatable bonds is 2. The lowest BCUT2D eigenvalue weighted by Crippen LogP contribution is -2.19. The first-order valence-electron chi connectivity index (χ1n) is 5.66. The lowest BCUT2D eigenvalue weighted by molar-refractivity contribution is 0.153. The molecule has 1 aromatic heterocycles. The van der Waals surface area contributed by atoms with Gasteiger partial charge >= 0.3 is 0 Å². The maximum atomic E-state index is 9.84. The van der Waals surface area contributed by atoms with E-state index in [1.165, 1.54) is 17.7 Å². The number of thiazole rings is 1. The highest BCUT2D eigenvalue weighted by Gasteiger charge is 2.30. The molecule has 1 N–H and O–H groups in total. The zero-order valence-electron chi connectivity index (χ0n) is 8.94. The van der Waals surface area contributed by atoms with Gasteiger partial charge in [0.15, 0.2) is 5.13 Å². The van der Waals surface area contributed by atoms with Crippen molar-refractivity contribution in [2.45, 2.75) is 44.2 Å². The van der Waals surface area contributed by atoms with Gasteiger partial charge in [-0.2, -0.15) is 0 Å². The van der Waals surface area contributed by atoms with E-state index in [1.807, 2.05) is 0 Å². The second-order valence-corrected chi connectivity index (χ2v) is 5.62. The monoisotopic (exact) mass is 224 g/mol. The smallest absolute Gasteiger partial charge is 0.185 e. The minimum absolute atomic E-state index is 0.314. The van der Waals surface area contributed by atoms with Crippen molar-refractivity contribution in [3.63, 3.8) is 0 Å². The molecule has 1 atom stereocenters. The predicted molar refractivity (Wildman–Crippen MR) is 61.4 cm³/mol. The number of fused-ring (bicyclic) bond motifs is 1. The van der Waals surface area contributed by atoms with Crippen LogP contribution < -0.4 is 4.90 Å². The maximum absolute atomic E-state index is 9.84. The van der Waals surface area contributed by atoms with Crippen LogP contribution in [0.2, 0.25) is 0 Å². The Bertz CT molecular complexity index is 373. The van der Waals surface area contributed by atoms with Gasteiger partial charge in [0.1, 0.15) is 0 Å². The molecule has 1 unspecified atom stereocenters. The Balaban J connectivity index is 1.90. The number of hydrogen-bond acceptors (Lipinski definition) is 4. The minimum atomic E-state index is -0.314. The van der Waals surface area contributed by atoms with Crippen LogP contribution in [0.3, 0.4) is 0 Å². The number of anilines is 1. The first-order chi connectivity index (χ1) is 7.25. The zero-order valence-corrected chi connectivity index (χ0v) is 9.76. The lowest BCUT2D eigenvalue weighted by atomic mass is 10.0. The van der Waals surface area contributed by atoms with Gasteiger partial charge in [-0.1, -0.05) is 0 Å². The van der Waals surface area contributed by atoms with E-state index >= 15 is 0 Å². The zero-order chi connectivity index (χ0) is 10.4. The van der Waals surface area contributed by atoms with E-state index in [9.17, 15) is 5.11 Å². The van der Waals surface area contributed by atoms with Crippen molar-refractivity contribution in [3.8, 4) is 0 Å². The van der Waals surface area contributed by atoms with E-state index in [2.05, 4.69) is 16.9 Å². The summed E-state index contributed by atoms with van der Waals surface area (Å²) in [5.74, 6) is 0. The van der Waals surface area contributed by atoms with Gasteiger partial charge in [-0.15, -0.1) is 11.3 Å². The Labute approximate surface area is 93.8 Å². The van der Waals surface area contributed by atoms with Gasteiger partial charge in [0.2, 0.25) is 0 Å². The number of aliphatic hydroxyl groups excluding tert-OH is 1. The Morgan fingerprint density at radius 1 is 1.40 bits per heavy atom. The summed E-state index contributed by atoms with van der Waals surface area (Å²) >= 11 is 1.77. The number of hydrogen-bond donors (Lipinski definition) is 1. The van der Waals surface area contributed by atoms with Crippen molar-refractivity contribution in [3.05, 3.63) is 10.6 Å². The molecule has 1 fully saturated rings. The highest BCUT2D eigenvalue weighted by molar-refractivity contribution is 7.15. The van der Waals surface area contributed by atoms with Crippen molar-refractivity contribution >= 4 is 16.5 Å². The van der Waals surface area contributed by atoms with Crippen molar-refractivity contribution in [1.29, 1.82) is 0 Å². The molecule has 2 aliphatic rings. The molecule has 0 radical (unpaired) electrons. The van der Waals surface area contributed by atoms with Gasteiger partial charge in [-0.25, -0.2) is 4.98 Å². The number of aryl methyl sites for hydroxylation is 1. The second-order valence-electron chi connectivity index (χ2n) is 4.55. The van der Waals surface area contributed by atoms with E-state index in [4.69, 9.17) is 0 Å². The quantitative estimate of drug-likeness (QED) is 0.836. The first-order valence-corrected chi connectivity index (χ1v) is 6.48. The molecule has 1 saturated carbocycles. The summed E-state index contributed by atoms with van der Waals surface area (Å²) in [6, 6.07) is 0.703. The second kappa shape index (κ2) is 3.46. The van der Waals surface area contributed by atoms with Crippen LogP contribution in [0.4, 0.5) is 5.13 Å². The largest absolute Gasteiger partial charge is 0.387 e. The molecule has 0 bridgehead atoms. The van der Waals surface area contributed by atoms with Crippen LogP contribution in [0.15, 0.2) is 0 Å². The average molecular weight is 224 g/mol. The summed E-state index contributed by atoms with van der Waals surface area (Å²) in [5.41, 5.74) is 0.953. The van der Waals surface area contributed by atoms with Gasteiger partial charge in [0.05, 0.1) is 11.8 Å². The molecule has 0 spiro atoms. The highest BCUT2D eigenvalue weighted by Crippen LogP contribution is 2.39. The Morgan fingerprint density at radius 2 is 2.20 bits per heavy atom. The molecule has 0 aliphatic heterocycles. The van der Waals surface area contributed by atoms with E-state index in [-0.39, 0.29) is 6.10 Å². The molecule has 1 heterocycles. The molecule has 1 aromatic rings. The standard InChI is InChI=1S/C11H16N2OS/c1-13(7-5-6-7)11-12-10-8(14)3-2-4-9(10)15-11/h7-8,14H,2-6H2,1H3. The van der Waals surface area contributed by atoms with E-state index in [0.717, 1.165) is 30.1 Å².